The van der Waals surface area contributed by atoms with Crippen LogP contribution in [0, 0.1) is 5.92 Å². The normalized spacial score (nSPS) is 16.9. The van der Waals surface area contributed by atoms with Gasteiger partial charge in [0.1, 0.15) is 0 Å². The number of anilines is 2. The van der Waals surface area contributed by atoms with Crippen molar-refractivity contribution in [3.05, 3.63) is 29.1 Å². The van der Waals surface area contributed by atoms with Crippen molar-refractivity contribution in [2.24, 2.45) is 5.92 Å². The fourth-order valence-electron chi connectivity index (χ4n) is 4.27. The van der Waals surface area contributed by atoms with E-state index in [1.807, 2.05) is 17.2 Å². The maximum atomic E-state index is 13.0. The number of fused-ring (bicyclic) bond motifs is 1. The topological polar surface area (TPSA) is 53.5 Å². The highest BCUT2D eigenvalue weighted by atomic mass is 32.1. The second kappa shape index (κ2) is 8.03. The van der Waals surface area contributed by atoms with Crippen LogP contribution >= 0.6 is 11.3 Å². The van der Waals surface area contributed by atoms with E-state index in [1.165, 1.54) is 29.7 Å². The van der Waals surface area contributed by atoms with E-state index < -0.39 is 0 Å². The Morgan fingerprint density at radius 1 is 1.25 bits per heavy atom. The Balaban J connectivity index is 1.58. The summed E-state index contributed by atoms with van der Waals surface area (Å²) in [4.78, 5) is 33.2. The van der Waals surface area contributed by atoms with Crippen molar-refractivity contribution < 1.29 is 9.59 Å². The second-order valence-corrected chi connectivity index (χ2v) is 8.58. The number of aryl methyl sites for hydroxylation is 1. The Kier molecular flexibility index (Phi) is 5.49. The Bertz CT molecular complexity index is 886. The van der Waals surface area contributed by atoms with E-state index in [1.54, 1.807) is 11.9 Å². The van der Waals surface area contributed by atoms with Crippen LogP contribution in [0.2, 0.25) is 0 Å². The molecule has 6 heteroatoms. The molecule has 1 aromatic carbocycles. The molecule has 1 saturated carbocycles. The van der Waals surface area contributed by atoms with E-state index in [0.717, 1.165) is 54.3 Å². The summed E-state index contributed by atoms with van der Waals surface area (Å²) in [6.07, 6.45) is 6.89. The van der Waals surface area contributed by atoms with Gasteiger partial charge in [-0.2, -0.15) is 0 Å². The van der Waals surface area contributed by atoms with Gasteiger partial charge in [0.25, 0.3) is 0 Å². The zero-order chi connectivity index (χ0) is 19.7. The lowest BCUT2D eigenvalue weighted by Gasteiger charge is -2.31. The first-order chi connectivity index (χ1) is 13.6. The number of amides is 2. The lowest BCUT2D eigenvalue weighted by atomic mass is 9.96. The molecule has 28 heavy (non-hydrogen) atoms. The molecule has 1 fully saturated rings. The smallest absolute Gasteiger partial charge is 0.230 e. The van der Waals surface area contributed by atoms with E-state index >= 15 is 0 Å². The Morgan fingerprint density at radius 2 is 2.04 bits per heavy atom. The summed E-state index contributed by atoms with van der Waals surface area (Å²) in [5.74, 6) is 0.577. The molecule has 5 nitrogen and oxygen atoms in total. The fraction of sp³-hybridized carbons (Fsp3) is 0.500. The number of hydrogen-bond acceptors (Lipinski definition) is 4. The molecular weight excluding hydrogens is 370 g/mol. The van der Waals surface area contributed by atoms with Crippen LogP contribution in [0.1, 0.15) is 51.0 Å². The van der Waals surface area contributed by atoms with Gasteiger partial charge in [0.2, 0.25) is 11.8 Å². The third-order valence-corrected chi connectivity index (χ3v) is 6.84. The Labute approximate surface area is 170 Å². The molecule has 2 aromatic rings. The summed E-state index contributed by atoms with van der Waals surface area (Å²) in [6.45, 7) is 2.68. The Morgan fingerprint density at radius 3 is 2.79 bits per heavy atom. The summed E-state index contributed by atoms with van der Waals surface area (Å²) < 4.78 is 0. The zero-order valence-electron chi connectivity index (χ0n) is 16.6. The highest BCUT2D eigenvalue weighted by Gasteiger charge is 2.30. The van der Waals surface area contributed by atoms with Gasteiger partial charge in [-0.1, -0.05) is 25.8 Å². The van der Waals surface area contributed by atoms with E-state index in [2.05, 4.69) is 23.2 Å². The molecule has 0 saturated heterocycles. The maximum absolute atomic E-state index is 13.0. The quantitative estimate of drug-likeness (QED) is 0.754. The van der Waals surface area contributed by atoms with Gasteiger partial charge in [-0.3, -0.25) is 14.5 Å². The predicted octanol–water partition coefficient (Wildman–Crippen LogP) is 4.65. The van der Waals surface area contributed by atoms with Crippen LogP contribution < -0.4 is 9.80 Å². The molecule has 148 valence electrons. The Hall–Kier alpha value is -2.21. The van der Waals surface area contributed by atoms with E-state index in [4.69, 9.17) is 0 Å². The van der Waals surface area contributed by atoms with E-state index in [-0.39, 0.29) is 11.8 Å². The molecule has 4 rings (SSSR count). The predicted molar refractivity (Wildman–Crippen MR) is 114 cm³/mol. The van der Waals surface area contributed by atoms with Gasteiger partial charge in [0.15, 0.2) is 5.13 Å². The van der Waals surface area contributed by atoms with Crippen molar-refractivity contribution in [1.82, 2.24) is 4.98 Å². The largest absolute Gasteiger partial charge is 0.312 e. The molecule has 0 radical (unpaired) electrons. The first-order valence-electron chi connectivity index (χ1n) is 10.2. The van der Waals surface area contributed by atoms with Gasteiger partial charge in [-0.05, 0) is 43.4 Å². The third kappa shape index (κ3) is 3.58. The standard InChI is InChI=1S/C22H27N3O2S/c1-3-20(26)24(2)22-23-18(14-28-22)16-10-11-19-17(13-16)9-6-12-25(19)21(27)15-7-4-5-8-15/h10-11,13-15H,3-9,12H2,1-2H3. The summed E-state index contributed by atoms with van der Waals surface area (Å²) in [5.41, 5.74) is 4.23. The highest BCUT2D eigenvalue weighted by Crippen LogP contribution is 2.36. The molecule has 0 atom stereocenters. The van der Waals surface area contributed by atoms with Gasteiger partial charge in [-0.15, -0.1) is 11.3 Å². The molecular formula is C22H27N3O2S. The maximum Gasteiger partial charge on any atom is 0.230 e. The van der Waals surface area contributed by atoms with Crippen LogP contribution in [0.15, 0.2) is 23.6 Å². The fourth-order valence-corrected chi connectivity index (χ4v) is 5.09. The average Bonchev–Trinajstić information content (AvgIpc) is 3.43. The van der Waals surface area contributed by atoms with Gasteiger partial charge < -0.3 is 4.90 Å². The van der Waals surface area contributed by atoms with Crippen molar-refractivity contribution in [1.29, 1.82) is 0 Å². The van der Waals surface area contributed by atoms with Crippen LogP contribution in [0.3, 0.4) is 0 Å². The zero-order valence-corrected chi connectivity index (χ0v) is 17.4. The number of nitrogens with zero attached hydrogens (tertiary/aromatic N) is 3. The minimum absolute atomic E-state index is 0.0624. The van der Waals surface area contributed by atoms with Gasteiger partial charge in [-0.25, -0.2) is 4.98 Å². The number of thiazole rings is 1. The van der Waals surface area contributed by atoms with Crippen molar-refractivity contribution in [2.45, 2.75) is 51.9 Å². The van der Waals surface area contributed by atoms with Crippen LogP contribution in [0.25, 0.3) is 11.3 Å². The minimum Gasteiger partial charge on any atom is -0.312 e. The molecule has 0 bridgehead atoms. The number of aromatic nitrogens is 1. The average molecular weight is 398 g/mol. The number of benzene rings is 1. The van der Waals surface area contributed by atoms with Crippen molar-refractivity contribution in [3.63, 3.8) is 0 Å². The summed E-state index contributed by atoms with van der Waals surface area (Å²) in [5, 5.41) is 2.72. The molecule has 0 spiro atoms. The summed E-state index contributed by atoms with van der Waals surface area (Å²) >= 11 is 1.49. The SMILES string of the molecule is CCC(=O)N(C)c1nc(-c2ccc3c(c2)CCCN3C(=O)C2CCCC2)cs1. The molecule has 1 aromatic heterocycles. The van der Waals surface area contributed by atoms with Crippen molar-refractivity contribution >= 4 is 34.0 Å². The van der Waals surface area contributed by atoms with E-state index in [9.17, 15) is 9.59 Å². The summed E-state index contributed by atoms with van der Waals surface area (Å²) in [6, 6.07) is 6.31. The molecule has 1 aliphatic carbocycles. The van der Waals surface area contributed by atoms with Gasteiger partial charge in [0.05, 0.1) is 5.69 Å². The van der Waals surface area contributed by atoms with Crippen LogP contribution in [0.5, 0.6) is 0 Å². The lowest BCUT2D eigenvalue weighted by molar-refractivity contribution is -0.122. The lowest BCUT2D eigenvalue weighted by Crippen LogP contribution is -2.39. The number of carbonyl (C=O) groups excluding carboxylic acids is 2. The molecule has 2 aliphatic rings. The highest BCUT2D eigenvalue weighted by molar-refractivity contribution is 7.14. The molecule has 0 unspecified atom stereocenters. The molecule has 2 heterocycles. The van der Waals surface area contributed by atoms with Gasteiger partial charge >= 0.3 is 0 Å². The minimum atomic E-state index is 0.0624. The number of rotatable bonds is 4. The van der Waals surface area contributed by atoms with Crippen LogP contribution in [-0.2, 0) is 16.0 Å². The molecule has 1 aliphatic heterocycles. The number of carbonyl (C=O) groups is 2. The van der Waals surface area contributed by atoms with Crippen molar-refractivity contribution in [3.8, 4) is 11.3 Å². The first-order valence-corrected chi connectivity index (χ1v) is 11.1. The first kappa shape index (κ1) is 19.1. The summed E-state index contributed by atoms with van der Waals surface area (Å²) in [7, 11) is 1.77. The monoisotopic (exact) mass is 397 g/mol. The third-order valence-electron chi connectivity index (χ3n) is 5.92. The van der Waals surface area contributed by atoms with Gasteiger partial charge in [0, 0.05) is 42.6 Å². The number of hydrogen-bond donors (Lipinski definition) is 0. The second-order valence-electron chi connectivity index (χ2n) is 7.74. The van der Waals surface area contributed by atoms with Crippen molar-refractivity contribution in [2.75, 3.05) is 23.4 Å². The van der Waals surface area contributed by atoms with Crippen LogP contribution in [0.4, 0.5) is 10.8 Å². The van der Waals surface area contributed by atoms with E-state index in [0.29, 0.717) is 12.3 Å². The molecule has 2 amide bonds. The molecule has 0 N–H and O–H groups in total. The van der Waals surface area contributed by atoms with Crippen LogP contribution in [-0.4, -0.2) is 30.4 Å².